The van der Waals surface area contributed by atoms with Gasteiger partial charge >= 0.3 is 0 Å². The molecule has 0 bridgehead atoms. The van der Waals surface area contributed by atoms with Crippen LogP contribution in [0.5, 0.6) is 5.75 Å². The maximum atomic E-state index is 13.4. The van der Waals surface area contributed by atoms with Crippen molar-refractivity contribution in [2.24, 2.45) is 0 Å². The van der Waals surface area contributed by atoms with E-state index in [-0.39, 0.29) is 10.8 Å². The first-order valence-corrected chi connectivity index (χ1v) is 5.66. The van der Waals surface area contributed by atoms with Crippen molar-refractivity contribution in [2.45, 2.75) is 0 Å². The molecule has 0 saturated carbocycles. The van der Waals surface area contributed by atoms with E-state index in [0.717, 1.165) is 0 Å². The van der Waals surface area contributed by atoms with E-state index in [1.165, 1.54) is 6.07 Å². The Labute approximate surface area is 107 Å². The molecule has 0 aliphatic carbocycles. The molecule has 3 rings (SSSR count). The molecule has 0 fully saturated rings. The van der Waals surface area contributed by atoms with Crippen molar-refractivity contribution >= 4 is 22.6 Å². The molecule has 18 heavy (non-hydrogen) atoms. The zero-order chi connectivity index (χ0) is 12.7. The summed E-state index contributed by atoms with van der Waals surface area (Å²) in [5.41, 5.74) is 1.85. The van der Waals surface area contributed by atoms with Crippen LogP contribution in [-0.4, -0.2) is 15.1 Å². The molecule has 1 heterocycles. The minimum absolute atomic E-state index is 0.0285. The predicted octanol–water partition coefficient (Wildman–Crippen LogP) is 3.73. The highest BCUT2D eigenvalue weighted by molar-refractivity contribution is 6.33. The van der Waals surface area contributed by atoms with Gasteiger partial charge in [-0.2, -0.15) is 0 Å². The Bertz CT molecular complexity index is 739. The quantitative estimate of drug-likeness (QED) is 0.702. The molecule has 90 valence electrons. The van der Waals surface area contributed by atoms with Crippen molar-refractivity contribution in [1.82, 2.24) is 9.97 Å². The molecular formula is C13H8ClFN2O. The number of phenolic OH excluding ortho intramolecular Hbond substituents is 1. The number of benzene rings is 2. The zero-order valence-corrected chi connectivity index (χ0v) is 9.87. The van der Waals surface area contributed by atoms with Crippen LogP contribution in [0.1, 0.15) is 0 Å². The van der Waals surface area contributed by atoms with E-state index in [4.69, 9.17) is 11.6 Å². The largest absolute Gasteiger partial charge is 0.508 e. The zero-order valence-electron chi connectivity index (χ0n) is 9.11. The van der Waals surface area contributed by atoms with Gasteiger partial charge in [0.25, 0.3) is 0 Å². The number of aromatic nitrogens is 2. The highest BCUT2D eigenvalue weighted by Crippen LogP contribution is 2.30. The molecular weight excluding hydrogens is 255 g/mol. The number of aromatic amines is 1. The van der Waals surface area contributed by atoms with Crippen LogP contribution in [-0.2, 0) is 0 Å². The molecule has 1 aromatic heterocycles. The van der Waals surface area contributed by atoms with Gasteiger partial charge in [0, 0.05) is 11.6 Å². The molecule has 0 radical (unpaired) electrons. The fraction of sp³-hybridized carbons (Fsp3) is 0. The van der Waals surface area contributed by atoms with Gasteiger partial charge in [0.2, 0.25) is 0 Å². The number of phenols is 1. The predicted molar refractivity (Wildman–Crippen MR) is 68.2 cm³/mol. The van der Waals surface area contributed by atoms with Gasteiger partial charge in [-0.15, -0.1) is 0 Å². The standard InChI is InChI=1S/C13H8ClFN2O/c14-12-8(2-1-3-9(12)15)13-16-10-5-4-7(18)6-11(10)17-13/h1-6,18H,(H,16,17). The monoisotopic (exact) mass is 262 g/mol. The highest BCUT2D eigenvalue weighted by Gasteiger charge is 2.11. The Morgan fingerprint density at radius 3 is 2.89 bits per heavy atom. The SMILES string of the molecule is Oc1ccc2nc(-c3cccc(F)c3Cl)[nH]c2c1. The Hall–Kier alpha value is -2.07. The van der Waals surface area contributed by atoms with E-state index in [1.807, 2.05) is 0 Å². The van der Waals surface area contributed by atoms with E-state index in [9.17, 15) is 9.50 Å². The van der Waals surface area contributed by atoms with Gasteiger partial charge < -0.3 is 10.1 Å². The number of H-pyrrole nitrogens is 1. The first-order valence-electron chi connectivity index (χ1n) is 5.28. The van der Waals surface area contributed by atoms with Gasteiger partial charge in [-0.25, -0.2) is 9.37 Å². The normalized spacial score (nSPS) is 11.0. The van der Waals surface area contributed by atoms with E-state index in [1.54, 1.807) is 30.3 Å². The van der Waals surface area contributed by atoms with Crippen LogP contribution >= 0.6 is 11.6 Å². The van der Waals surface area contributed by atoms with E-state index < -0.39 is 5.82 Å². The lowest BCUT2D eigenvalue weighted by atomic mass is 10.2. The molecule has 3 aromatic rings. The molecule has 0 spiro atoms. The lowest BCUT2D eigenvalue weighted by molar-refractivity contribution is 0.476. The van der Waals surface area contributed by atoms with Crippen molar-refractivity contribution in [3.63, 3.8) is 0 Å². The first kappa shape index (κ1) is 11.0. The maximum absolute atomic E-state index is 13.4. The van der Waals surface area contributed by atoms with Gasteiger partial charge in [-0.1, -0.05) is 17.7 Å². The summed E-state index contributed by atoms with van der Waals surface area (Å²) in [6, 6.07) is 9.32. The van der Waals surface area contributed by atoms with Gasteiger partial charge in [0.05, 0.1) is 16.1 Å². The van der Waals surface area contributed by atoms with Crippen LogP contribution < -0.4 is 0 Å². The van der Waals surface area contributed by atoms with Gasteiger partial charge in [-0.3, -0.25) is 0 Å². The molecule has 5 heteroatoms. The highest BCUT2D eigenvalue weighted by atomic mass is 35.5. The summed E-state index contributed by atoms with van der Waals surface area (Å²) in [6.07, 6.45) is 0. The van der Waals surface area contributed by atoms with Crippen LogP contribution in [0.15, 0.2) is 36.4 Å². The van der Waals surface area contributed by atoms with Crippen molar-refractivity contribution < 1.29 is 9.50 Å². The molecule has 0 saturated heterocycles. The van der Waals surface area contributed by atoms with Crippen LogP contribution in [0, 0.1) is 5.82 Å². The average Bonchev–Trinajstić information content (AvgIpc) is 2.75. The third-order valence-corrected chi connectivity index (χ3v) is 3.06. The number of halogens is 2. The van der Waals surface area contributed by atoms with Crippen LogP contribution in [0.4, 0.5) is 4.39 Å². The number of aromatic hydroxyl groups is 1. The average molecular weight is 263 g/mol. The number of hydrogen-bond donors (Lipinski definition) is 2. The third-order valence-electron chi connectivity index (χ3n) is 2.67. The van der Waals surface area contributed by atoms with E-state index >= 15 is 0 Å². The molecule has 0 amide bonds. The molecule has 0 aliphatic rings. The summed E-state index contributed by atoms with van der Waals surface area (Å²) in [5, 5.41) is 9.40. The van der Waals surface area contributed by atoms with Gasteiger partial charge in [-0.05, 0) is 24.3 Å². The molecule has 0 atom stereocenters. The fourth-order valence-electron chi connectivity index (χ4n) is 1.81. The number of rotatable bonds is 1. The number of imidazole rings is 1. The number of nitrogens with zero attached hydrogens (tertiary/aromatic N) is 1. The van der Waals surface area contributed by atoms with Crippen LogP contribution in [0.2, 0.25) is 5.02 Å². The van der Waals surface area contributed by atoms with E-state index in [0.29, 0.717) is 22.4 Å². The van der Waals surface area contributed by atoms with Crippen molar-refractivity contribution in [2.75, 3.05) is 0 Å². The van der Waals surface area contributed by atoms with E-state index in [2.05, 4.69) is 9.97 Å². The second-order valence-corrected chi connectivity index (χ2v) is 4.27. The Morgan fingerprint density at radius 2 is 2.06 bits per heavy atom. The van der Waals surface area contributed by atoms with Crippen molar-refractivity contribution in [3.05, 3.63) is 47.2 Å². The van der Waals surface area contributed by atoms with Crippen molar-refractivity contribution in [3.8, 4) is 17.1 Å². The summed E-state index contributed by atoms with van der Waals surface area (Å²) >= 11 is 5.90. The summed E-state index contributed by atoms with van der Waals surface area (Å²) < 4.78 is 13.4. The summed E-state index contributed by atoms with van der Waals surface area (Å²) in [4.78, 5) is 7.31. The Kier molecular flexibility index (Phi) is 2.45. The molecule has 2 N–H and O–H groups in total. The number of fused-ring (bicyclic) bond motifs is 1. The van der Waals surface area contributed by atoms with Crippen LogP contribution in [0.3, 0.4) is 0 Å². The molecule has 3 nitrogen and oxygen atoms in total. The number of hydrogen-bond acceptors (Lipinski definition) is 2. The first-order chi connectivity index (χ1) is 8.65. The summed E-state index contributed by atoms with van der Waals surface area (Å²) in [7, 11) is 0. The fourth-order valence-corrected chi connectivity index (χ4v) is 2.03. The minimum Gasteiger partial charge on any atom is -0.508 e. The minimum atomic E-state index is -0.488. The van der Waals surface area contributed by atoms with Crippen molar-refractivity contribution in [1.29, 1.82) is 0 Å². The maximum Gasteiger partial charge on any atom is 0.142 e. The summed E-state index contributed by atoms with van der Waals surface area (Å²) in [5.74, 6) is 0.126. The van der Waals surface area contributed by atoms with Crippen LogP contribution in [0.25, 0.3) is 22.4 Å². The molecule has 0 aliphatic heterocycles. The Balaban J connectivity index is 2.22. The lowest BCUT2D eigenvalue weighted by Crippen LogP contribution is -1.85. The second-order valence-electron chi connectivity index (χ2n) is 3.89. The van der Waals surface area contributed by atoms with Gasteiger partial charge in [0.1, 0.15) is 17.4 Å². The molecule has 0 unspecified atom stereocenters. The smallest absolute Gasteiger partial charge is 0.142 e. The van der Waals surface area contributed by atoms with Gasteiger partial charge in [0.15, 0.2) is 0 Å². The Morgan fingerprint density at radius 1 is 1.22 bits per heavy atom. The molecule has 2 aromatic carbocycles. The third kappa shape index (κ3) is 1.71. The second kappa shape index (κ2) is 3.99. The summed E-state index contributed by atoms with van der Waals surface area (Å²) in [6.45, 7) is 0. The lowest BCUT2D eigenvalue weighted by Gasteiger charge is -2.00. The topological polar surface area (TPSA) is 48.9 Å². The number of nitrogens with one attached hydrogen (secondary N) is 1.